The summed E-state index contributed by atoms with van der Waals surface area (Å²) in [6.45, 7) is 1.08. The van der Waals surface area contributed by atoms with E-state index in [1.165, 1.54) is 6.42 Å². The fourth-order valence-electron chi connectivity index (χ4n) is 3.80. The summed E-state index contributed by atoms with van der Waals surface area (Å²) >= 11 is 0. The zero-order chi connectivity index (χ0) is 20.5. The van der Waals surface area contributed by atoms with Gasteiger partial charge in [0.25, 0.3) is 11.9 Å². The van der Waals surface area contributed by atoms with Crippen LogP contribution >= 0.6 is 0 Å². The van der Waals surface area contributed by atoms with E-state index >= 15 is 0 Å². The molecule has 28 heavy (non-hydrogen) atoms. The number of aromatic nitrogens is 3. The molecule has 0 saturated heterocycles. The van der Waals surface area contributed by atoms with Gasteiger partial charge in [-0.3, -0.25) is 9.59 Å². The standard InChI is InChI=1S/C17H29N5O2.C2H4O2/c18-12-7-9-13(10-8-12)22-11-15(20-21-22)17(24)19-14-5-3-1-2-4-6-16(14)23;1-2(3)4/h11-14,16,23H,1-10,18H2,(H,19,24);1H3,(H,3,4)/t12?,13?,14-,16-;/m0./s1. The number of carboxylic acids is 1. The van der Waals surface area contributed by atoms with Crippen LogP contribution in [-0.2, 0) is 4.79 Å². The number of carbonyl (C=O) groups is 2. The summed E-state index contributed by atoms with van der Waals surface area (Å²) in [4.78, 5) is 21.4. The quantitative estimate of drug-likeness (QED) is 0.609. The number of nitrogens with zero attached hydrogens (tertiary/aromatic N) is 3. The fraction of sp³-hybridized carbons (Fsp3) is 0.789. The van der Waals surface area contributed by atoms with E-state index in [-0.39, 0.29) is 24.0 Å². The van der Waals surface area contributed by atoms with Crippen LogP contribution in [0.25, 0.3) is 0 Å². The van der Waals surface area contributed by atoms with E-state index in [9.17, 15) is 9.90 Å². The lowest BCUT2D eigenvalue weighted by Crippen LogP contribution is -2.44. The molecule has 1 amide bonds. The first-order valence-corrected chi connectivity index (χ1v) is 10.2. The van der Waals surface area contributed by atoms with E-state index in [1.54, 1.807) is 10.9 Å². The van der Waals surface area contributed by atoms with Crippen LogP contribution in [0.4, 0.5) is 0 Å². The molecule has 9 heteroatoms. The minimum atomic E-state index is -0.833. The van der Waals surface area contributed by atoms with Gasteiger partial charge >= 0.3 is 0 Å². The van der Waals surface area contributed by atoms with Crippen molar-refractivity contribution >= 4 is 11.9 Å². The second-order valence-corrected chi connectivity index (χ2v) is 7.81. The van der Waals surface area contributed by atoms with E-state index in [2.05, 4.69) is 15.6 Å². The molecule has 0 bridgehead atoms. The maximum atomic E-state index is 12.4. The highest BCUT2D eigenvalue weighted by Crippen LogP contribution is 2.26. The first-order chi connectivity index (χ1) is 13.4. The maximum Gasteiger partial charge on any atom is 0.300 e. The Morgan fingerprint density at radius 3 is 2.36 bits per heavy atom. The molecule has 3 rings (SSSR count). The Kier molecular flexibility index (Phi) is 8.85. The summed E-state index contributed by atoms with van der Waals surface area (Å²) in [5.41, 5.74) is 6.27. The zero-order valence-electron chi connectivity index (χ0n) is 16.6. The van der Waals surface area contributed by atoms with Gasteiger partial charge in [-0.05, 0) is 38.5 Å². The van der Waals surface area contributed by atoms with Crippen molar-refractivity contribution in [3.8, 4) is 0 Å². The smallest absolute Gasteiger partial charge is 0.300 e. The third-order valence-electron chi connectivity index (χ3n) is 5.40. The molecule has 2 aliphatic rings. The Morgan fingerprint density at radius 1 is 1.11 bits per heavy atom. The normalized spacial score (nSPS) is 28.2. The molecular formula is C19H33N5O4. The van der Waals surface area contributed by atoms with Gasteiger partial charge < -0.3 is 21.3 Å². The van der Waals surface area contributed by atoms with E-state index in [1.807, 2.05) is 0 Å². The topological polar surface area (TPSA) is 143 Å². The highest BCUT2D eigenvalue weighted by atomic mass is 16.4. The zero-order valence-corrected chi connectivity index (χ0v) is 16.6. The largest absolute Gasteiger partial charge is 0.481 e. The number of hydrogen-bond acceptors (Lipinski definition) is 6. The van der Waals surface area contributed by atoms with Crippen LogP contribution in [0.3, 0.4) is 0 Å². The number of aliphatic hydroxyl groups excluding tert-OH is 1. The molecule has 5 N–H and O–H groups in total. The van der Waals surface area contributed by atoms with Crippen molar-refractivity contribution in [1.29, 1.82) is 0 Å². The van der Waals surface area contributed by atoms with Crippen LogP contribution in [0.2, 0.25) is 0 Å². The van der Waals surface area contributed by atoms with Gasteiger partial charge in [0.1, 0.15) is 0 Å². The molecule has 158 valence electrons. The molecule has 2 aliphatic carbocycles. The van der Waals surface area contributed by atoms with Gasteiger partial charge in [0.05, 0.1) is 24.4 Å². The lowest BCUT2D eigenvalue weighted by molar-refractivity contribution is -0.134. The lowest BCUT2D eigenvalue weighted by atomic mass is 9.92. The van der Waals surface area contributed by atoms with Gasteiger partial charge in [0.15, 0.2) is 5.69 Å². The minimum absolute atomic E-state index is 0.185. The predicted molar refractivity (Wildman–Crippen MR) is 104 cm³/mol. The summed E-state index contributed by atoms with van der Waals surface area (Å²) in [5, 5.41) is 28.8. The summed E-state index contributed by atoms with van der Waals surface area (Å²) in [7, 11) is 0. The number of nitrogens with one attached hydrogen (secondary N) is 1. The number of carbonyl (C=O) groups excluding carboxylic acids is 1. The van der Waals surface area contributed by atoms with Crippen molar-refractivity contribution in [1.82, 2.24) is 20.3 Å². The Bertz CT molecular complexity index is 624. The van der Waals surface area contributed by atoms with Crippen LogP contribution in [-0.4, -0.2) is 55.3 Å². The Hall–Kier alpha value is -2.00. The van der Waals surface area contributed by atoms with Gasteiger partial charge in [-0.1, -0.05) is 30.9 Å². The second-order valence-electron chi connectivity index (χ2n) is 7.81. The van der Waals surface area contributed by atoms with Crippen LogP contribution < -0.4 is 11.1 Å². The third-order valence-corrected chi connectivity index (χ3v) is 5.40. The summed E-state index contributed by atoms with van der Waals surface area (Å²) in [6.07, 6.45) is 11.2. The lowest BCUT2D eigenvalue weighted by Gasteiger charge is -2.26. The van der Waals surface area contributed by atoms with Crippen LogP contribution in [0.1, 0.15) is 87.7 Å². The van der Waals surface area contributed by atoms with Crippen molar-refractivity contribution in [2.75, 3.05) is 0 Å². The molecule has 2 saturated carbocycles. The first-order valence-electron chi connectivity index (χ1n) is 10.2. The number of hydrogen-bond donors (Lipinski definition) is 4. The highest BCUT2D eigenvalue weighted by molar-refractivity contribution is 5.92. The number of aliphatic hydroxyl groups is 1. The van der Waals surface area contributed by atoms with E-state index < -0.39 is 12.1 Å². The average molecular weight is 396 g/mol. The summed E-state index contributed by atoms with van der Waals surface area (Å²) < 4.78 is 1.80. The van der Waals surface area contributed by atoms with Crippen molar-refractivity contribution < 1.29 is 19.8 Å². The van der Waals surface area contributed by atoms with Gasteiger partial charge in [-0.15, -0.1) is 5.10 Å². The molecule has 1 aromatic heterocycles. The number of rotatable bonds is 3. The molecule has 0 aliphatic heterocycles. The van der Waals surface area contributed by atoms with E-state index in [4.69, 9.17) is 15.6 Å². The first kappa shape index (κ1) is 22.3. The van der Waals surface area contributed by atoms with Crippen molar-refractivity contribution in [3.63, 3.8) is 0 Å². The third kappa shape index (κ3) is 7.20. The van der Waals surface area contributed by atoms with Gasteiger partial charge in [0.2, 0.25) is 0 Å². The number of amides is 1. The molecule has 0 unspecified atom stereocenters. The van der Waals surface area contributed by atoms with Crippen molar-refractivity contribution in [2.24, 2.45) is 5.73 Å². The molecule has 0 radical (unpaired) electrons. The highest BCUT2D eigenvalue weighted by Gasteiger charge is 2.25. The fourth-order valence-corrected chi connectivity index (χ4v) is 3.80. The van der Waals surface area contributed by atoms with Crippen molar-refractivity contribution in [2.45, 2.75) is 95.4 Å². The molecule has 2 fully saturated rings. The summed E-state index contributed by atoms with van der Waals surface area (Å²) in [5.74, 6) is -1.07. The molecule has 9 nitrogen and oxygen atoms in total. The maximum absolute atomic E-state index is 12.4. The van der Waals surface area contributed by atoms with E-state index in [0.29, 0.717) is 5.69 Å². The Balaban J connectivity index is 0.000000640. The van der Waals surface area contributed by atoms with Gasteiger partial charge in [-0.2, -0.15) is 0 Å². The number of carboxylic acid groups (broad SMARTS) is 1. The predicted octanol–water partition coefficient (Wildman–Crippen LogP) is 1.62. The minimum Gasteiger partial charge on any atom is -0.481 e. The summed E-state index contributed by atoms with van der Waals surface area (Å²) in [6, 6.07) is 0.384. The van der Waals surface area contributed by atoms with Crippen LogP contribution in [0.15, 0.2) is 6.20 Å². The van der Waals surface area contributed by atoms with Crippen LogP contribution in [0.5, 0.6) is 0 Å². The van der Waals surface area contributed by atoms with E-state index in [0.717, 1.165) is 64.7 Å². The second kappa shape index (κ2) is 11.1. The number of aliphatic carboxylic acids is 1. The van der Waals surface area contributed by atoms with Crippen molar-refractivity contribution in [3.05, 3.63) is 11.9 Å². The van der Waals surface area contributed by atoms with Crippen LogP contribution in [0, 0.1) is 0 Å². The Morgan fingerprint density at radius 2 is 1.71 bits per heavy atom. The monoisotopic (exact) mass is 395 g/mol. The SMILES string of the molecule is CC(=O)O.NC1CCC(n2cc(C(=O)N[C@H]3CCCCCC[C@@H]3O)nn2)CC1. The van der Waals surface area contributed by atoms with Gasteiger partial charge in [-0.25, -0.2) is 4.68 Å². The molecule has 2 atom stereocenters. The molecule has 1 aromatic rings. The molecule has 0 aromatic carbocycles. The molecule has 1 heterocycles. The molecular weight excluding hydrogens is 362 g/mol. The number of nitrogens with two attached hydrogens (primary N) is 1. The Labute approximate surface area is 165 Å². The van der Waals surface area contributed by atoms with Gasteiger partial charge in [0, 0.05) is 13.0 Å². The average Bonchev–Trinajstić information content (AvgIpc) is 3.12. The molecule has 0 spiro atoms.